The van der Waals surface area contributed by atoms with Crippen molar-refractivity contribution in [3.63, 3.8) is 0 Å². The third-order valence-corrected chi connectivity index (χ3v) is 2.93. The third-order valence-electron chi connectivity index (χ3n) is 2.67. The molecule has 1 aromatic heterocycles. The molecule has 0 fully saturated rings. The van der Waals surface area contributed by atoms with E-state index in [2.05, 4.69) is 15.3 Å². The van der Waals surface area contributed by atoms with Crippen LogP contribution < -0.4 is 4.74 Å². The van der Waals surface area contributed by atoms with Crippen LogP contribution in [0.2, 0.25) is 0 Å². The Bertz CT molecular complexity index is 749. The van der Waals surface area contributed by atoms with Gasteiger partial charge in [0.2, 0.25) is 4.77 Å². The fourth-order valence-corrected chi connectivity index (χ4v) is 1.83. The number of H-pyrrole nitrogens is 1. The number of hydrogen-bond donors (Lipinski definition) is 1. The summed E-state index contributed by atoms with van der Waals surface area (Å²) >= 11 is 4.76. The van der Waals surface area contributed by atoms with Crippen LogP contribution in [-0.4, -0.2) is 27.7 Å². The molecule has 0 aliphatic heterocycles. The lowest BCUT2D eigenvalue weighted by Crippen LogP contribution is -2.12. The van der Waals surface area contributed by atoms with Crippen LogP contribution in [0.5, 0.6) is 5.75 Å². The maximum atomic E-state index is 12.8. The molecule has 5 nitrogen and oxygen atoms in total. The van der Waals surface area contributed by atoms with Crippen molar-refractivity contribution in [2.24, 2.45) is 11.0 Å². The van der Waals surface area contributed by atoms with Gasteiger partial charge in [0.05, 0.1) is 12.8 Å². The highest BCUT2D eigenvalue weighted by molar-refractivity contribution is 7.71. The lowest BCUT2D eigenvalue weighted by molar-refractivity contribution is -0.147. The maximum absolute atomic E-state index is 12.8. The van der Waals surface area contributed by atoms with Gasteiger partial charge in [-0.3, -0.25) is 0 Å². The summed E-state index contributed by atoms with van der Waals surface area (Å²) < 4.78 is 44.2. The first-order valence-electron chi connectivity index (χ1n) is 6.79. The molecule has 0 saturated heterocycles. The summed E-state index contributed by atoms with van der Waals surface area (Å²) in [5.41, 5.74) is 0.586. The van der Waals surface area contributed by atoms with E-state index in [1.807, 2.05) is 13.8 Å². The third kappa shape index (κ3) is 4.65. The molecule has 0 spiro atoms. The molecule has 23 heavy (non-hydrogen) atoms. The van der Waals surface area contributed by atoms with Crippen molar-refractivity contribution in [1.29, 1.82) is 0 Å². The quantitative estimate of drug-likeness (QED) is 0.662. The minimum Gasteiger partial charge on any atom is -0.493 e. The summed E-state index contributed by atoms with van der Waals surface area (Å²) in [7, 11) is 0. The number of nitrogens with zero attached hydrogens (tertiary/aromatic N) is 3. The number of aromatic nitrogens is 3. The minimum absolute atomic E-state index is 0.235. The second-order valence-electron chi connectivity index (χ2n) is 5.18. The Balaban J connectivity index is 2.23. The number of nitrogens with one attached hydrogen (secondary N) is 1. The summed E-state index contributed by atoms with van der Waals surface area (Å²) in [5, 5.41) is 8.99. The number of alkyl halides is 3. The molecule has 9 heteroatoms. The number of halogens is 3. The van der Waals surface area contributed by atoms with E-state index in [4.69, 9.17) is 17.0 Å². The molecule has 0 unspecified atom stereocenters. The van der Waals surface area contributed by atoms with E-state index in [0.717, 1.165) is 0 Å². The second kappa shape index (κ2) is 6.95. The fourth-order valence-electron chi connectivity index (χ4n) is 1.65. The summed E-state index contributed by atoms with van der Waals surface area (Å²) in [6.45, 7) is 4.58. The van der Waals surface area contributed by atoms with Crippen LogP contribution in [0.1, 0.15) is 25.2 Å². The highest BCUT2D eigenvalue weighted by Gasteiger charge is 2.37. The van der Waals surface area contributed by atoms with Crippen LogP contribution in [0.3, 0.4) is 0 Å². The lowest BCUT2D eigenvalue weighted by atomic mass is 10.2. The molecule has 0 atom stereocenters. The average Bonchev–Trinajstić information content (AvgIpc) is 2.84. The molecule has 0 radical (unpaired) electrons. The maximum Gasteiger partial charge on any atom is 0.453 e. The first-order chi connectivity index (χ1) is 10.8. The highest BCUT2D eigenvalue weighted by Crippen LogP contribution is 2.27. The largest absolute Gasteiger partial charge is 0.493 e. The molecule has 0 aliphatic carbocycles. The SMILES string of the molecule is CC(C)COc1cccc(/C=N\n2c(C(F)(F)F)n[nH]c2=S)c1. The molecular formula is C14H15F3N4OS. The number of hydrogen-bond acceptors (Lipinski definition) is 4. The van der Waals surface area contributed by atoms with Crippen LogP contribution >= 0.6 is 12.2 Å². The van der Waals surface area contributed by atoms with Crippen molar-refractivity contribution in [1.82, 2.24) is 14.9 Å². The Hall–Kier alpha value is -2.16. The molecule has 124 valence electrons. The van der Waals surface area contributed by atoms with E-state index in [9.17, 15) is 13.2 Å². The van der Waals surface area contributed by atoms with Crippen LogP contribution in [0.15, 0.2) is 29.4 Å². The topological polar surface area (TPSA) is 55.2 Å². The Morgan fingerprint density at radius 1 is 1.43 bits per heavy atom. The van der Waals surface area contributed by atoms with E-state index in [1.165, 1.54) is 6.21 Å². The number of ether oxygens (including phenoxy) is 1. The van der Waals surface area contributed by atoms with Gasteiger partial charge < -0.3 is 4.74 Å². The molecule has 1 heterocycles. The van der Waals surface area contributed by atoms with Gasteiger partial charge in [0.15, 0.2) is 0 Å². The van der Waals surface area contributed by atoms with Crippen molar-refractivity contribution in [2.75, 3.05) is 6.61 Å². The Morgan fingerprint density at radius 3 is 2.83 bits per heavy atom. The van der Waals surface area contributed by atoms with Crippen LogP contribution in [0.4, 0.5) is 13.2 Å². The molecule has 0 saturated carbocycles. The van der Waals surface area contributed by atoms with Crippen LogP contribution in [-0.2, 0) is 6.18 Å². The zero-order valence-electron chi connectivity index (χ0n) is 12.5. The predicted octanol–water partition coefficient (Wildman–Crippen LogP) is 3.88. The molecule has 1 aromatic carbocycles. The van der Waals surface area contributed by atoms with Gasteiger partial charge in [-0.05, 0) is 35.8 Å². The first-order valence-corrected chi connectivity index (χ1v) is 7.20. The lowest BCUT2D eigenvalue weighted by Gasteiger charge is -2.08. The first kappa shape index (κ1) is 17.2. The second-order valence-corrected chi connectivity index (χ2v) is 5.57. The van der Waals surface area contributed by atoms with Gasteiger partial charge in [0.1, 0.15) is 5.75 Å². The minimum atomic E-state index is -4.65. The molecule has 1 N–H and O–H groups in total. The van der Waals surface area contributed by atoms with E-state index >= 15 is 0 Å². The molecule has 2 aromatic rings. The fraction of sp³-hybridized carbons (Fsp3) is 0.357. The van der Waals surface area contributed by atoms with Crippen molar-refractivity contribution >= 4 is 18.4 Å². The molecular weight excluding hydrogens is 329 g/mol. The van der Waals surface area contributed by atoms with Gasteiger partial charge in [-0.25, -0.2) is 5.10 Å². The van der Waals surface area contributed by atoms with Crippen LogP contribution in [0.25, 0.3) is 0 Å². The van der Waals surface area contributed by atoms with Crippen molar-refractivity contribution in [3.05, 3.63) is 40.4 Å². The van der Waals surface area contributed by atoms with Crippen molar-refractivity contribution in [2.45, 2.75) is 20.0 Å². The zero-order chi connectivity index (χ0) is 17.0. The van der Waals surface area contributed by atoms with Crippen LogP contribution in [0, 0.1) is 10.7 Å². The van der Waals surface area contributed by atoms with Gasteiger partial charge >= 0.3 is 6.18 Å². The van der Waals surface area contributed by atoms with E-state index in [-0.39, 0.29) is 4.77 Å². The molecule has 0 bridgehead atoms. The number of rotatable bonds is 5. The molecule has 2 rings (SSSR count). The summed E-state index contributed by atoms with van der Waals surface area (Å²) in [5.74, 6) is -0.216. The van der Waals surface area contributed by atoms with E-state index in [0.29, 0.717) is 28.5 Å². The normalized spacial score (nSPS) is 12.3. The number of benzene rings is 1. The Morgan fingerprint density at radius 2 is 2.17 bits per heavy atom. The van der Waals surface area contributed by atoms with E-state index in [1.54, 1.807) is 24.3 Å². The van der Waals surface area contributed by atoms with E-state index < -0.39 is 12.0 Å². The monoisotopic (exact) mass is 344 g/mol. The predicted molar refractivity (Wildman–Crippen MR) is 82.2 cm³/mol. The Kier molecular flexibility index (Phi) is 5.19. The summed E-state index contributed by atoms with van der Waals surface area (Å²) in [4.78, 5) is 0. The standard InChI is InChI=1S/C14H15F3N4OS/c1-9(2)8-22-11-5-3-4-10(6-11)7-18-21-12(14(15,16)17)19-20-13(21)23/h3-7,9H,8H2,1-2H3,(H,20,23)/b18-7-. The molecule has 0 amide bonds. The van der Waals surface area contributed by atoms with Gasteiger partial charge in [0.25, 0.3) is 5.82 Å². The average molecular weight is 344 g/mol. The Labute approximate surface area is 135 Å². The van der Waals surface area contributed by atoms with Crippen molar-refractivity contribution < 1.29 is 17.9 Å². The van der Waals surface area contributed by atoms with Crippen molar-refractivity contribution in [3.8, 4) is 5.75 Å². The zero-order valence-corrected chi connectivity index (χ0v) is 13.3. The smallest absolute Gasteiger partial charge is 0.453 e. The van der Waals surface area contributed by atoms with Gasteiger partial charge in [-0.2, -0.15) is 22.9 Å². The summed E-state index contributed by atoms with van der Waals surface area (Å²) in [6, 6.07) is 6.88. The number of aromatic amines is 1. The summed E-state index contributed by atoms with van der Waals surface area (Å²) in [6.07, 6.45) is -3.38. The molecule has 0 aliphatic rings. The van der Waals surface area contributed by atoms with Gasteiger partial charge in [-0.15, -0.1) is 5.10 Å². The van der Waals surface area contributed by atoms with Gasteiger partial charge in [0, 0.05) is 0 Å². The van der Waals surface area contributed by atoms with Gasteiger partial charge in [-0.1, -0.05) is 26.0 Å². The highest BCUT2D eigenvalue weighted by atomic mass is 32.1.